The maximum Gasteiger partial charge on any atom is 0.222 e. The van der Waals surface area contributed by atoms with Crippen LogP contribution in [0.2, 0.25) is 0 Å². The molecule has 1 aromatic heterocycles. The minimum Gasteiger partial charge on any atom is -0.497 e. The summed E-state index contributed by atoms with van der Waals surface area (Å²) in [6.07, 6.45) is 0. The number of nitrogens with zero attached hydrogens (tertiary/aromatic N) is 3. The molecule has 27 heavy (non-hydrogen) atoms. The Kier molecular flexibility index (Phi) is 5.88. The molecule has 140 valence electrons. The van der Waals surface area contributed by atoms with Crippen molar-refractivity contribution in [2.24, 2.45) is 0 Å². The van der Waals surface area contributed by atoms with Crippen LogP contribution >= 0.6 is 0 Å². The zero-order chi connectivity index (χ0) is 19.2. The molecule has 0 saturated heterocycles. The van der Waals surface area contributed by atoms with Gasteiger partial charge in [-0.1, -0.05) is 35.9 Å². The number of hydrogen-bond donors (Lipinski definition) is 2. The van der Waals surface area contributed by atoms with Crippen molar-refractivity contribution in [3.05, 3.63) is 71.4 Å². The van der Waals surface area contributed by atoms with Crippen LogP contribution in [0.5, 0.6) is 5.75 Å². The number of rotatable bonds is 7. The van der Waals surface area contributed by atoms with E-state index in [9.17, 15) is 0 Å². The van der Waals surface area contributed by atoms with E-state index in [4.69, 9.17) is 10.5 Å². The molecule has 0 aliphatic heterocycles. The van der Waals surface area contributed by atoms with Gasteiger partial charge in [0.1, 0.15) is 11.6 Å². The van der Waals surface area contributed by atoms with Gasteiger partial charge in [-0.2, -0.15) is 4.98 Å². The molecule has 0 saturated carbocycles. The van der Waals surface area contributed by atoms with Crippen LogP contribution in [0.4, 0.5) is 17.5 Å². The standard InChI is InChI=1S/C21H25N5O/c1-15-6-4-7-16(10-15)13-26(2)14-18-12-20(25-21(22)24-18)23-17-8-5-9-19(11-17)27-3/h4-12H,13-14H2,1-3H3,(H3,22,23,24,25). The Balaban J connectivity index is 1.70. The van der Waals surface area contributed by atoms with Crippen molar-refractivity contribution in [2.75, 3.05) is 25.2 Å². The highest BCUT2D eigenvalue weighted by atomic mass is 16.5. The molecule has 6 heteroatoms. The van der Waals surface area contributed by atoms with E-state index < -0.39 is 0 Å². The largest absolute Gasteiger partial charge is 0.497 e. The summed E-state index contributed by atoms with van der Waals surface area (Å²) in [7, 11) is 3.71. The van der Waals surface area contributed by atoms with E-state index in [0.29, 0.717) is 12.4 Å². The fourth-order valence-electron chi connectivity index (χ4n) is 2.97. The predicted molar refractivity (Wildman–Crippen MR) is 109 cm³/mol. The lowest BCUT2D eigenvalue weighted by molar-refractivity contribution is 0.315. The van der Waals surface area contributed by atoms with Gasteiger partial charge < -0.3 is 15.8 Å². The summed E-state index contributed by atoms with van der Waals surface area (Å²) in [4.78, 5) is 10.9. The lowest BCUT2D eigenvalue weighted by atomic mass is 10.1. The quantitative estimate of drug-likeness (QED) is 0.666. The van der Waals surface area contributed by atoms with E-state index in [2.05, 4.69) is 58.4 Å². The SMILES string of the molecule is COc1cccc(Nc2cc(CN(C)Cc3cccc(C)c3)nc(N)n2)c1. The molecule has 2 aromatic carbocycles. The maximum absolute atomic E-state index is 5.91. The molecule has 0 fully saturated rings. The Morgan fingerprint density at radius 1 is 1.04 bits per heavy atom. The van der Waals surface area contributed by atoms with E-state index in [1.165, 1.54) is 11.1 Å². The van der Waals surface area contributed by atoms with Gasteiger partial charge in [0.15, 0.2) is 0 Å². The smallest absolute Gasteiger partial charge is 0.222 e. The zero-order valence-electron chi connectivity index (χ0n) is 15.9. The van der Waals surface area contributed by atoms with E-state index in [-0.39, 0.29) is 5.95 Å². The normalized spacial score (nSPS) is 10.8. The Morgan fingerprint density at radius 3 is 2.63 bits per heavy atom. The van der Waals surface area contributed by atoms with Crippen LogP contribution in [0.25, 0.3) is 0 Å². The molecule has 6 nitrogen and oxygen atoms in total. The van der Waals surface area contributed by atoms with Crippen LogP contribution in [0.3, 0.4) is 0 Å². The molecule has 0 aliphatic rings. The lowest BCUT2D eigenvalue weighted by Gasteiger charge is -2.17. The summed E-state index contributed by atoms with van der Waals surface area (Å²) in [6.45, 7) is 3.61. The number of nitrogens with two attached hydrogens (primary N) is 1. The topological polar surface area (TPSA) is 76.3 Å². The minimum absolute atomic E-state index is 0.252. The van der Waals surface area contributed by atoms with Crippen LogP contribution < -0.4 is 15.8 Å². The second-order valence-electron chi connectivity index (χ2n) is 6.62. The van der Waals surface area contributed by atoms with Gasteiger partial charge in [0, 0.05) is 30.9 Å². The van der Waals surface area contributed by atoms with Gasteiger partial charge in [-0.25, -0.2) is 4.98 Å². The molecular formula is C21H25N5O. The van der Waals surface area contributed by atoms with Gasteiger partial charge in [0.2, 0.25) is 5.95 Å². The van der Waals surface area contributed by atoms with Crippen LogP contribution in [0, 0.1) is 6.92 Å². The van der Waals surface area contributed by atoms with Crippen molar-refractivity contribution in [3.63, 3.8) is 0 Å². The summed E-state index contributed by atoms with van der Waals surface area (Å²) >= 11 is 0. The minimum atomic E-state index is 0.252. The van der Waals surface area contributed by atoms with E-state index in [0.717, 1.165) is 23.7 Å². The highest BCUT2D eigenvalue weighted by molar-refractivity contribution is 5.59. The number of hydrogen-bond acceptors (Lipinski definition) is 6. The van der Waals surface area contributed by atoms with E-state index in [1.807, 2.05) is 30.3 Å². The number of nitrogens with one attached hydrogen (secondary N) is 1. The van der Waals surface area contributed by atoms with Gasteiger partial charge in [-0.3, -0.25) is 4.90 Å². The monoisotopic (exact) mass is 363 g/mol. The molecule has 3 rings (SSSR count). The summed E-state index contributed by atoms with van der Waals surface area (Å²) in [5, 5.41) is 3.26. The summed E-state index contributed by atoms with van der Waals surface area (Å²) in [5.41, 5.74) is 10.2. The molecule has 0 atom stereocenters. The summed E-state index contributed by atoms with van der Waals surface area (Å²) in [5.74, 6) is 1.69. The Bertz CT molecular complexity index is 913. The maximum atomic E-state index is 5.91. The third-order valence-electron chi connectivity index (χ3n) is 4.11. The highest BCUT2D eigenvalue weighted by Crippen LogP contribution is 2.21. The number of methoxy groups -OCH3 is 1. The molecule has 0 radical (unpaired) electrons. The third-order valence-corrected chi connectivity index (χ3v) is 4.11. The number of ether oxygens (including phenoxy) is 1. The van der Waals surface area contributed by atoms with Crippen molar-refractivity contribution < 1.29 is 4.74 Å². The molecular weight excluding hydrogens is 338 g/mol. The second-order valence-corrected chi connectivity index (χ2v) is 6.62. The highest BCUT2D eigenvalue weighted by Gasteiger charge is 2.08. The second kappa shape index (κ2) is 8.51. The molecule has 0 spiro atoms. The fourth-order valence-corrected chi connectivity index (χ4v) is 2.97. The number of benzene rings is 2. The average molecular weight is 363 g/mol. The number of nitrogen functional groups attached to an aromatic ring is 1. The molecule has 0 aliphatic carbocycles. The van der Waals surface area contributed by atoms with Gasteiger partial charge >= 0.3 is 0 Å². The van der Waals surface area contributed by atoms with Gasteiger partial charge in [-0.05, 0) is 31.7 Å². The molecule has 0 amide bonds. The van der Waals surface area contributed by atoms with Crippen molar-refractivity contribution in [1.82, 2.24) is 14.9 Å². The zero-order valence-corrected chi connectivity index (χ0v) is 15.9. The summed E-state index contributed by atoms with van der Waals surface area (Å²) in [6, 6.07) is 18.1. The van der Waals surface area contributed by atoms with E-state index >= 15 is 0 Å². The van der Waals surface area contributed by atoms with Crippen molar-refractivity contribution in [1.29, 1.82) is 0 Å². The summed E-state index contributed by atoms with van der Waals surface area (Å²) < 4.78 is 5.25. The molecule has 0 bridgehead atoms. The Morgan fingerprint density at radius 2 is 1.85 bits per heavy atom. The Hall–Kier alpha value is -3.12. The number of anilines is 3. The number of aromatic nitrogens is 2. The van der Waals surface area contributed by atoms with Crippen LogP contribution in [-0.2, 0) is 13.1 Å². The average Bonchev–Trinajstić information content (AvgIpc) is 2.61. The first-order chi connectivity index (χ1) is 13.0. The van der Waals surface area contributed by atoms with Crippen LogP contribution in [-0.4, -0.2) is 29.0 Å². The Labute approximate surface area is 160 Å². The fraction of sp³-hybridized carbons (Fsp3) is 0.238. The van der Waals surface area contributed by atoms with E-state index in [1.54, 1.807) is 7.11 Å². The molecule has 0 unspecified atom stereocenters. The van der Waals surface area contributed by atoms with Crippen LogP contribution in [0.15, 0.2) is 54.6 Å². The third kappa shape index (κ3) is 5.43. The molecule has 3 N–H and O–H groups in total. The molecule has 1 heterocycles. The molecule has 3 aromatic rings. The van der Waals surface area contributed by atoms with Gasteiger partial charge in [-0.15, -0.1) is 0 Å². The number of aryl methyl sites for hydroxylation is 1. The predicted octanol–water partition coefficient (Wildman–Crippen LogP) is 3.75. The van der Waals surface area contributed by atoms with Gasteiger partial charge in [0.05, 0.1) is 12.8 Å². The van der Waals surface area contributed by atoms with Crippen molar-refractivity contribution in [3.8, 4) is 5.75 Å². The lowest BCUT2D eigenvalue weighted by Crippen LogP contribution is -2.18. The first-order valence-electron chi connectivity index (χ1n) is 8.80. The van der Waals surface area contributed by atoms with Crippen LogP contribution in [0.1, 0.15) is 16.8 Å². The van der Waals surface area contributed by atoms with Gasteiger partial charge in [0.25, 0.3) is 0 Å². The van der Waals surface area contributed by atoms with Crippen molar-refractivity contribution >= 4 is 17.5 Å². The first kappa shape index (κ1) is 18.7. The van der Waals surface area contributed by atoms with Crippen molar-refractivity contribution in [2.45, 2.75) is 20.0 Å². The first-order valence-corrected chi connectivity index (χ1v) is 8.80.